The van der Waals surface area contributed by atoms with E-state index in [-0.39, 0.29) is 11.4 Å². The largest absolute Gasteiger partial charge is 0.495 e. The number of amides is 2. The lowest BCUT2D eigenvalue weighted by atomic mass is 9.94. The summed E-state index contributed by atoms with van der Waals surface area (Å²) in [5.41, 5.74) is 0.997. The smallest absolute Gasteiger partial charge is 0.279 e. The van der Waals surface area contributed by atoms with E-state index in [1.54, 1.807) is 24.3 Å². The van der Waals surface area contributed by atoms with Crippen LogP contribution in [-0.2, 0) is 14.4 Å². The highest BCUT2D eigenvalue weighted by atomic mass is 16.7. The quantitative estimate of drug-likeness (QED) is 0.463. The fourth-order valence-corrected chi connectivity index (χ4v) is 3.22. The van der Waals surface area contributed by atoms with E-state index in [1.807, 2.05) is 0 Å². The van der Waals surface area contributed by atoms with Gasteiger partial charge in [-0.2, -0.15) is 0 Å². The van der Waals surface area contributed by atoms with E-state index < -0.39 is 28.8 Å². The van der Waals surface area contributed by atoms with Gasteiger partial charge in [-0.25, -0.2) is 4.90 Å². The summed E-state index contributed by atoms with van der Waals surface area (Å²) in [7, 11) is 1.45. The molecule has 1 fully saturated rings. The third-order valence-electron chi connectivity index (χ3n) is 4.51. The number of hydrogen-bond donors (Lipinski definition) is 0. The van der Waals surface area contributed by atoms with Gasteiger partial charge in [-0.1, -0.05) is 17.3 Å². The maximum absolute atomic E-state index is 13.0. The Bertz CT molecular complexity index is 985. The summed E-state index contributed by atoms with van der Waals surface area (Å²) < 4.78 is 5.24. The Morgan fingerprint density at radius 2 is 1.81 bits per heavy atom. The van der Waals surface area contributed by atoms with Crippen molar-refractivity contribution in [3.05, 3.63) is 64.2 Å². The number of fused-ring (bicyclic) bond motifs is 1. The normalized spacial score (nSPS) is 20.9. The standard InChI is InChI=1S/C18H13N3O6/c1-26-13-5-3-2-4-12(13)20-17(22)14-15(19-27-16(14)18(20)23)10-6-8-11(9-7-10)21(24)25/h2-9,14,16H,1H3/t14-,16-/m1/s1. The van der Waals surface area contributed by atoms with Crippen LogP contribution in [0, 0.1) is 16.0 Å². The van der Waals surface area contributed by atoms with Crippen molar-refractivity contribution < 1.29 is 24.1 Å². The number of methoxy groups -OCH3 is 1. The lowest BCUT2D eigenvalue weighted by Crippen LogP contribution is -2.33. The number of imide groups is 1. The molecule has 0 spiro atoms. The molecule has 0 unspecified atom stereocenters. The first-order valence-electron chi connectivity index (χ1n) is 8.02. The van der Waals surface area contributed by atoms with Gasteiger partial charge in [0.25, 0.3) is 11.6 Å². The van der Waals surface area contributed by atoms with Crippen LogP contribution >= 0.6 is 0 Å². The minimum absolute atomic E-state index is 0.0840. The number of hydrogen-bond acceptors (Lipinski definition) is 7. The highest BCUT2D eigenvalue weighted by Gasteiger charge is 2.56. The highest BCUT2D eigenvalue weighted by Crippen LogP contribution is 2.38. The number of oxime groups is 1. The number of nitro benzene ring substituents is 1. The summed E-state index contributed by atoms with van der Waals surface area (Å²) in [6.45, 7) is 0. The van der Waals surface area contributed by atoms with Gasteiger partial charge in [-0.05, 0) is 24.3 Å². The van der Waals surface area contributed by atoms with E-state index in [0.717, 1.165) is 4.90 Å². The molecule has 136 valence electrons. The van der Waals surface area contributed by atoms with Crippen molar-refractivity contribution in [1.29, 1.82) is 0 Å². The molecule has 2 aromatic carbocycles. The number of benzene rings is 2. The van der Waals surface area contributed by atoms with Crippen LogP contribution in [0.4, 0.5) is 11.4 Å². The molecule has 1 saturated heterocycles. The Balaban J connectivity index is 1.69. The van der Waals surface area contributed by atoms with E-state index >= 15 is 0 Å². The second-order valence-electron chi connectivity index (χ2n) is 5.97. The van der Waals surface area contributed by atoms with Crippen LogP contribution in [0.25, 0.3) is 0 Å². The highest BCUT2D eigenvalue weighted by molar-refractivity contribution is 6.32. The number of anilines is 1. The maximum Gasteiger partial charge on any atom is 0.279 e. The lowest BCUT2D eigenvalue weighted by Gasteiger charge is -2.18. The zero-order valence-electron chi connectivity index (χ0n) is 14.1. The van der Waals surface area contributed by atoms with Crippen LogP contribution in [-0.4, -0.2) is 35.7 Å². The molecular formula is C18H13N3O6. The van der Waals surface area contributed by atoms with Crippen LogP contribution in [0.3, 0.4) is 0 Å². The van der Waals surface area contributed by atoms with Gasteiger partial charge in [0.2, 0.25) is 12.0 Å². The molecule has 9 nitrogen and oxygen atoms in total. The molecule has 0 N–H and O–H groups in total. The number of para-hydroxylation sites is 2. The van der Waals surface area contributed by atoms with Crippen LogP contribution in [0.15, 0.2) is 53.7 Å². The van der Waals surface area contributed by atoms with Crippen LogP contribution in [0.5, 0.6) is 5.75 Å². The molecule has 27 heavy (non-hydrogen) atoms. The Morgan fingerprint density at radius 1 is 1.11 bits per heavy atom. The first-order valence-corrected chi connectivity index (χ1v) is 8.02. The zero-order valence-corrected chi connectivity index (χ0v) is 14.1. The van der Waals surface area contributed by atoms with Crippen molar-refractivity contribution >= 4 is 28.9 Å². The van der Waals surface area contributed by atoms with Crippen molar-refractivity contribution in [2.45, 2.75) is 6.10 Å². The fraction of sp³-hybridized carbons (Fsp3) is 0.167. The molecule has 0 radical (unpaired) electrons. The summed E-state index contributed by atoms with van der Waals surface area (Å²) in [6, 6.07) is 12.3. The molecule has 9 heteroatoms. The summed E-state index contributed by atoms with van der Waals surface area (Å²) >= 11 is 0. The molecule has 2 atom stereocenters. The predicted octanol–water partition coefficient (Wildman–Crippen LogP) is 1.90. The van der Waals surface area contributed by atoms with E-state index in [0.29, 0.717) is 17.0 Å². The first kappa shape index (κ1) is 16.7. The Morgan fingerprint density at radius 3 is 2.48 bits per heavy atom. The average Bonchev–Trinajstić information content (AvgIpc) is 3.22. The lowest BCUT2D eigenvalue weighted by molar-refractivity contribution is -0.384. The number of carbonyl (C=O) groups is 2. The number of nitrogens with zero attached hydrogens (tertiary/aromatic N) is 3. The molecule has 0 saturated carbocycles. The second kappa shape index (κ2) is 6.20. The van der Waals surface area contributed by atoms with Crippen LogP contribution in [0.1, 0.15) is 5.56 Å². The van der Waals surface area contributed by atoms with Crippen molar-refractivity contribution in [2.24, 2.45) is 11.1 Å². The Hall–Kier alpha value is -3.75. The monoisotopic (exact) mass is 367 g/mol. The molecule has 0 bridgehead atoms. The minimum atomic E-state index is -1.06. The van der Waals surface area contributed by atoms with E-state index in [4.69, 9.17) is 9.57 Å². The van der Waals surface area contributed by atoms with Gasteiger partial charge in [0.15, 0.2) is 0 Å². The van der Waals surface area contributed by atoms with Gasteiger partial charge >= 0.3 is 0 Å². The molecule has 2 aliphatic rings. The molecule has 2 heterocycles. The molecule has 2 aliphatic heterocycles. The van der Waals surface area contributed by atoms with E-state index in [9.17, 15) is 19.7 Å². The van der Waals surface area contributed by atoms with Gasteiger partial charge in [0.05, 0.1) is 17.7 Å². The number of rotatable bonds is 4. The molecule has 0 aliphatic carbocycles. The number of ether oxygens (including phenoxy) is 1. The Labute approximate surface area is 152 Å². The third-order valence-corrected chi connectivity index (χ3v) is 4.51. The van der Waals surface area contributed by atoms with Crippen LogP contribution in [0.2, 0.25) is 0 Å². The number of non-ortho nitro benzene ring substituents is 1. The van der Waals surface area contributed by atoms with Crippen molar-refractivity contribution in [2.75, 3.05) is 12.0 Å². The summed E-state index contributed by atoms with van der Waals surface area (Å²) in [5.74, 6) is -1.55. The van der Waals surface area contributed by atoms with Gasteiger partial charge in [-0.15, -0.1) is 0 Å². The second-order valence-corrected chi connectivity index (χ2v) is 5.97. The van der Waals surface area contributed by atoms with Gasteiger partial charge in [-0.3, -0.25) is 19.7 Å². The molecular weight excluding hydrogens is 354 g/mol. The molecule has 4 rings (SSSR count). The molecule has 0 aromatic heterocycles. The average molecular weight is 367 g/mol. The topological polar surface area (TPSA) is 111 Å². The fourth-order valence-electron chi connectivity index (χ4n) is 3.22. The van der Waals surface area contributed by atoms with Gasteiger partial charge in [0, 0.05) is 17.7 Å². The summed E-state index contributed by atoms with van der Waals surface area (Å²) in [5, 5.41) is 14.7. The summed E-state index contributed by atoms with van der Waals surface area (Å²) in [4.78, 5) is 42.3. The zero-order chi connectivity index (χ0) is 19.1. The Kier molecular flexibility index (Phi) is 3.84. The van der Waals surface area contributed by atoms with Crippen molar-refractivity contribution in [1.82, 2.24) is 0 Å². The molecule has 2 aromatic rings. The third kappa shape index (κ3) is 2.51. The maximum atomic E-state index is 13.0. The van der Waals surface area contributed by atoms with Crippen LogP contribution < -0.4 is 9.64 Å². The van der Waals surface area contributed by atoms with E-state index in [2.05, 4.69) is 5.16 Å². The molecule has 2 amide bonds. The van der Waals surface area contributed by atoms with Gasteiger partial charge < -0.3 is 9.57 Å². The number of carbonyl (C=O) groups excluding carboxylic acids is 2. The van der Waals surface area contributed by atoms with Crippen molar-refractivity contribution in [3.63, 3.8) is 0 Å². The minimum Gasteiger partial charge on any atom is -0.495 e. The number of nitro groups is 1. The first-order chi connectivity index (χ1) is 13.0. The van der Waals surface area contributed by atoms with Crippen molar-refractivity contribution in [3.8, 4) is 5.75 Å². The van der Waals surface area contributed by atoms with E-state index in [1.165, 1.54) is 31.4 Å². The summed E-state index contributed by atoms with van der Waals surface area (Å²) in [6.07, 6.45) is -1.06. The van der Waals surface area contributed by atoms with Gasteiger partial charge in [0.1, 0.15) is 17.4 Å². The SMILES string of the molecule is COc1ccccc1N1C(=O)[C@@H]2C(c3ccc([N+](=O)[O-])cc3)=NO[C@H]2C1=O. The predicted molar refractivity (Wildman–Crippen MR) is 93.5 cm³/mol.